The molecule has 0 aliphatic rings. The summed E-state index contributed by atoms with van der Waals surface area (Å²) in [6.45, 7) is 4.27. The van der Waals surface area contributed by atoms with Gasteiger partial charge in [-0.15, -0.1) is 5.10 Å². The molecule has 1 rings (SSSR count). The number of nitrogens with two attached hydrogens (primary N) is 2. The van der Waals surface area contributed by atoms with Crippen molar-refractivity contribution in [3.63, 3.8) is 0 Å². The topological polar surface area (TPSA) is 103 Å². The van der Waals surface area contributed by atoms with E-state index < -0.39 is 0 Å². The second-order valence-electron chi connectivity index (χ2n) is 3.33. The molecule has 0 aliphatic carbocycles. The lowest BCUT2D eigenvalue weighted by Gasteiger charge is -2.15. The van der Waals surface area contributed by atoms with Gasteiger partial charge >= 0.3 is 0 Å². The fraction of sp³-hybridized carbons (Fsp3) is 0.444. The molecule has 7 heteroatoms. The van der Waals surface area contributed by atoms with Crippen LogP contribution in [0.25, 0.3) is 0 Å². The van der Waals surface area contributed by atoms with Crippen LogP contribution in [0.15, 0.2) is 5.10 Å². The summed E-state index contributed by atoms with van der Waals surface area (Å²) in [5.41, 5.74) is 2.71. The number of methoxy groups -OCH3 is 1. The molecular weight excluding hydrogens is 208 g/mol. The molecule has 1 aromatic rings. The Bertz CT molecular complexity index is 392. The van der Waals surface area contributed by atoms with Gasteiger partial charge in [0.2, 0.25) is 0 Å². The van der Waals surface area contributed by atoms with Crippen molar-refractivity contribution in [3.8, 4) is 0 Å². The van der Waals surface area contributed by atoms with Crippen LogP contribution in [-0.4, -0.2) is 23.6 Å². The Hall–Kier alpha value is -1.73. The van der Waals surface area contributed by atoms with Gasteiger partial charge in [-0.1, -0.05) is 0 Å². The molecule has 0 aromatic carbocycles. The highest BCUT2D eigenvalue weighted by molar-refractivity contribution is 5.76. The van der Waals surface area contributed by atoms with E-state index in [1.54, 1.807) is 7.11 Å². The number of hydrogen-bond donors (Lipinski definition) is 2. The number of hydrazone groups is 1. The standard InChI is InChI=1S/C9H16N6O/c1-6-7(2)9(15(11)5-12-10)14-13-8(6)4-16-3/h5H,4,10-11H2,1-3H3/b12-5-. The largest absolute Gasteiger partial charge is 0.378 e. The normalized spacial score (nSPS) is 11.0. The van der Waals surface area contributed by atoms with Gasteiger partial charge in [-0.3, -0.25) is 0 Å². The maximum Gasteiger partial charge on any atom is 0.174 e. The molecule has 4 N–H and O–H groups in total. The lowest BCUT2D eigenvalue weighted by molar-refractivity contribution is 0.180. The van der Waals surface area contributed by atoms with Crippen molar-refractivity contribution in [2.75, 3.05) is 12.1 Å². The summed E-state index contributed by atoms with van der Waals surface area (Å²) in [6.07, 6.45) is 1.27. The van der Waals surface area contributed by atoms with Crippen LogP contribution >= 0.6 is 0 Å². The molecule has 7 nitrogen and oxygen atoms in total. The summed E-state index contributed by atoms with van der Waals surface area (Å²) in [5, 5.41) is 12.6. The summed E-state index contributed by atoms with van der Waals surface area (Å²) >= 11 is 0. The molecule has 16 heavy (non-hydrogen) atoms. The Labute approximate surface area is 94.1 Å². The summed E-state index contributed by atoms with van der Waals surface area (Å²) in [7, 11) is 1.61. The molecule has 0 spiro atoms. The van der Waals surface area contributed by atoms with Gasteiger partial charge in [-0.25, -0.2) is 10.9 Å². The molecule has 0 saturated carbocycles. The molecule has 1 aromatic heterocycles. The molecule has 0 unspecified atom stereocenters. The highest BCUT2D eigenvalue weighted by Crippen LogP contribution is 2.19. The number of rotatable bonds is 4. The van der Waals surface area contributed by atoms with E-state index in [0.717, 1.165) is 16.8 Å². The van der Waals surface area contributed by atoms with E-state index in [9.17, 15) is 0 Å². The minimum absolute atomic E-state index is 0.426. The van der Waals surface area contributed by atoms with Gasteiger partial charge in [-0.05, 0) is 19.4 Å². The lowest BCUT2D eigenvalue weighted by Crippen LogP contribution is -2.32. The summed E-state index contributed by atoms with van der Waals surface area (Å²) in [6, 6.07) is 0. The number of ether oxygens (including phenoxy) is 1. The third-order valence-electron chi connectivity index (χ3n) is 2.31. The molecule has 0 bridgehead atoms. The second-order valence-corrected chi connectivity index (χ2v) is 3.33. The third-order valence-corrected chi connectivity index (χ3v) is 2.31. The quantitative estimate of drug-likeness (QED) is 0.318. The van der Waals surface area contributed by atoms with Gasteiger partial charge in [0.05, 0.1) is 12.3 Å². The van der Waals surface area contributed by atoms with Crippen LogP contribution in [0.3, 0.4) is 0 Å². The van der Waals surface area contributed by atoms with E-state index in [1.807, 2.05) is 13.8 Å². The Kier molecular flexibility index (Phi) is 4.15. The number of aromatic nitrogens is 2. The maximum atomic E-state index is 5.67. The Morgan fingerprint density at radius 3 is 2.62 bits per heavy atom. The Balaban J connectivity index is 3.11. The minimum atomic E-state index is 0.426. The first-order valence-corrected chi connectivity index (χ1v) is 4.70. The summed E-state index contributed by atoms with van der Waals surface area (Å²) in [4.78, 5) is 0. The van der Waals surface area contributed by atoms with Crippen molar-refractivity contribution in [2.24, 2.45) is 16.8 Å². The SMILES string of the molecule is COCc1nnc(N(N)/C=N\N)c(C)c1C. The predicted molar refractivity (Wildman–Crippen MR) is 61.6 cm³/mol. The van der Waals surface area contributed by atoms with Gasteiger partial charge in [0, 0.05) is 12.7 Å². The van der Waals surface area contributed by atoms with Crippen molar-refractivity contribution < 1.29 is 4.74 Å². The van der Waals surface area contributed by atoms with E-state index in [4.69, 9.17) is 16.4 Å². The molecular formula is C9H16N6O. The zero-order valence-corrected chi connectivity index (χ0v) is 9.64. The van der Waals surface area contributed by atoms with Crippen LogP contribution in [0.2, 0.25) is 0 Å². The van der Waals surface area contributed by atoms with E-state index >= 15 is 0 Å². The molecule has 0 atom stereocenters. The average Bonchev–Trinajstić information content (AvgIpc) is 2.25. The van der Waals surface area contributed by atoms with E-state index in [2.05, 4.69) is 15.3 Å². The zero-order valence-electron chi connectivity index (χ0n) is 9.64. The van der Waals surface area contributed by atoms with Gasteiger partial charge in [0.15, 0.2) is 5.82 Å². The van der Waals surface area contributed by atoms with Crippen LogP contribution in [-0.2, 0) is 11.3 Å². The summed E-state index contributed by atoms with van der Waals surface area (Å²) in [5.74, 6) is 11.2. The van der Waals surface area contributed by atoms with E-state index in [0.29, 0.717) is 12.4 Å². The first kappa shape index (κ1) is 12.3. The van der Waals surface area contributed by atoms with Gasteiger partial charge in [0.1, 0.15) is 6.34 Å². The first-order valence-electron chi connectivity index (χ1n) is 4.70. The number of hydrazine groups is 1. The van der Waals surface area contributed by atoms with Crippen LogP contribution < -0.4 is 16.7 Å². The van der Waals surface area contributed by atoms with Gasteiger partial charge in [0.25, 0.3) is 0 Å². The fourth-order valence-electron chi connectivity index (χ4n) is 1.29. The highest BCUT2D eigenvalue weighted by atomic mass is 16.5. The molecule has 0 saturated heterocycles. The third kappa shape index (κ3) is 2.44. The Morgan fingerprint density at radius 2 is 2.06 bits per heavy atom. The Morgan fingerprint density at radius 1 is 1.38 bits per heavy atom. The van der Waals surface area contributed by atoms with Gasteiger partial charge in [-0.2, -0.15) is 10.2 Å². The van der Waals surface area contributed by atoms with Crippen molar-refractivity contribution in [1.82, 2.24) is 10.2 Å². The molecule has 0 fully saturated rings. The molecule has 0 radical (unpaired) electrons. The molecule has 1 heterocycles. The van der Waals surface area contributed by atoms with E-state index in [-0.39, 0.29) is 0 Å². The van der Waals surface area contributed by atoms with Gasteiger partial charge < -0.3 is 10.6 Å². The molecule has 0 aliphatic heterocycles. The van der Waals surface area contributed by atoms with Crippen molar-refractivity contribution in [2.45, 2.75) is 20.5 Å². The van der Waals surface area contributed by atoms with Crippen LogP contribution in [0.5, 0.6) is 0 Å². The van der Waals surface area contributed by atoms with Crippen LogP contribution in [0.1, 0.15) is 16.8 Å². The zero-order chi connectivity index (χ0) is 12.1. The fourth-order valence-corrected chi connectivity index (χ4v) is 1.29. The maximum absolute atomic E-state index is 5.67. The average molecular weight is 224 g/mol. The minimum Gasteiger partial charge on any atom is -0.378 e. The highest BCUT2D eigenvalue weighted by Gasteiger charge is 2.12. The monoisotopic (exact) mass is 224 g/mol. The van der Waals surface area contributed by atoms with Crippen molar-refractivity contribution in [1.29, 1.82) is 0 Å². The second kappa shape index (κ2) is 5.38. The predicted octanol–water partition coefficient (Wildman–Crippen LogP) is -0.178. The molecule has 0 amide bonds. The molecule has 88 valence electrons. The smallest absolute Gasteiger partial charge is 0.174 e. The summed E-state index contributed by atoms with van der Waals surface area (Å²) < 4.78 is 5.02. The van der Waals surface area contributed by atoms with Crippen molar-refractivity contribution in [3.05, 3.63) is 16.8 Å². The number of anilines is 1. The number of nitrogens with zero attached hydrogens (tertiary/aromatic N) is 4. The number of hydrogen-bond acceptors (Lipinski definition) is 6. The van der Waals surface area contributed by atoms with Crippen LogP contribution in [0.4, 0.5) is 5.82 Å². The van der Waals surface area contributed by atoms with Crippen molar-refractivity contribution >= 4 is 12.2 Å². The lowest BCUT2D eigenvalue weighted by atomic mass is 10.1. The van der Waals surface area contributed by atoms with Crippen LogP contribution in [0, 0.1) is 13.8 Å². The first-order chi connectivity index (χ1) is 7.61. The van der Waals surface area contributed by atoms with E-state index in [1.165, 1.54) is 11.3 Å².